The number of fused-ring (bicyclic) bond motifs is 2. The molecular formula is C18H13F3N4O2S. The third kappa shape index (κ3) is 3.20. The number of carbonyl (C=O) groups excluding carboxylic acids is 1. The van der Waals surface area contributed by atoms with Crippen molar-refractivity contribution in [1.82, 2.24) is 15.2 Å². The van der Waals surface area contributed by atoms with E-state index in [2.05, 4.69) is 20.5 Å². The number of nitrogens with one attached hydrogen (secondary N) is 2. The van der Waals surface area contributed by atoms with Crippen molar-refractivity contribution < 1.29 is 23.1 Å². The number of aromatic amines is 1. The van der Waals surface area contributed by atoms with E-state index in [0.717, 1.165) is 5.52 Å². The smallest absolute Gasteiger partial charge is 0.374 e. The molecule has 0 spiro atoms. The van der Waals surface area contributed by atoms with Crippen LogP contribution in [-0.4, -0.2) is 32.4 Å². The molecule has 2 aromatic heterocycles. The summed E-state index contributed by atoms with van der Waals surface area (Å²) in [6.07, 6.45) is -4.76. The summed E-state index contributed by atoms with van der Waals surface area (Å²) in [5, 5.41) is 19.5. The van der Waals surface area contributed by atoms with Gasteiger partial charge in [0.25, 0.3) is 0 Å². The zero-order valence-corrected chi connectivity index (χ0v) is 14.9. The summed E-state index contributed by atoms with van der Waals surface area (Å²) in [6.45, 7) is 0. The lowest BCUT2D eigenvalue weighted by atomic mass is 9.99. The molecule has 10 heteroatoms. The molecule has 6 nitrogen and oxygen atoms in total. The van der Waals surface area contributed by atoms with Gasteiger partial charge in [0.05, 0.1) is 28.4 Å². The third-order valence-corrected chi connectivity index (χ3v) is 5.44. The van der Waals surface area contributed by atoms with Crippen molar-refractivity contribution in [2.45, 2.75) is 18.2 Å². The van der Waals surface area contributed by atoms with Crippen LogP contribution in [0.1, 0.15) is 11.4 Å². The van der Waals surface area contributed by atoms with Gasteiger partial charge in [-0.15, -0.1) is 11.3 Å². The van der Waals surface area contributed by atoms with Crippen LogP contribution in [0.3, 0.4) is 0 Å². The lowest BCUT2D eigenvalue weighted by Crippen LogP contribution is -2.45. The molecule has 144 valence electrons. The molecule has 0 radical (unpaired) electrons. The van der Waals surface area contributed by atoms with Gasteiger partial charge in [-0.05, 0) is 30.3 Å². The van der Waals surface area contributed by atoms with Gasteiger partial charge in [-0.1, -0.05) is 12.1 Å². The number of aromatic nitrogens is 3. The third-order valence-electron chi connectivity index (χ3n) is 4.26. The lowest BCUT2D eigenvalue weighted by Gasteiger charge is -2.27. The molecule has 0 bridgehead atoms. The first-order valence-electron chi connectivity index (χ1n) is 8.14. The number of thiazole rings is 1. The molecule has 28 heavy (non-hydrogen) atoms. The fourth-order valence-corrected chi connectivity index (χ4v) is 3.88. The van der Waals surface area contributed by atoms with Crippen LogP contribution in [0.15, 0.2) is 48.7 Å². The number of rotatable bonds is 4. The second-order valence-corrected chi connectivity index (χ2v) is 7.27. The van der Waals surface area contributed by atoms with Crippen molar-refractivity contribution in [1.29, 1.82) is 0 Å². The van der Waals surface area contributed by atoms with E-state index in [1.54, 1.807) is 36.4 Å². The monoisotopic (exact) mass is 406 g/mol. The number of nitrogens with zero attached hydrogens (tertiary/aromatic N) is 2. The number of amides is 1. The maximum atomic E-state index is 13.7. The van der Waals surface area contributed by atoms with Crippen LogP contribution in [0.5, 0.6) is 0 Å². The van der Waals surface area contributed by atoms with Gasteiger partial charge in [0.15, 0.2) is 0 Å². The summed E-state index contributed by atoms with van der Waals surface area (Å²) in [6, 6.07) is 11.2. The van der Waals surface area contributed by atoms with Crippen LogP contribution in [0.4, 0.5) is 18.9 Å². The Morgan fingerprint density at radius 3 is 2.75 bits per heavy atom. The van der Waals surface area contributed by atoms with Crippen LogP contribution < -0.4 is 5.32 Å². The summed E-state index contributed by atoms with van der Waals surface area (Å²) >= 11 is 0.709. The highest BCUT2D eigenvalue weighted by molar-refractivity contribution is 7.18. The largest absolute Gasteiger partial charge is 0.424 e. The van der Waals surface area contributed by atoms with E-state index in [0.29, 0.717) is 32.6 Å². The highest BCUT2D eigenvalue weighted by Gasteiger charge is 2.58. The number of H-pyrrole nitrogens is 1. The topological polar surface area (TPSA) is 90.9 Å². The number of halogens is 3. The first-order valence-corrected chi connectivity index (χ1v) is 8.96. The van der Waals surface area contributed by atoms with Crippen molar-refractivity contribution in [3.8, 4) is 0 Å². The van der Waals surface area contributed by atoms with Crippen LogP contribution >= 0.6 is 11.3 Å². The van der Waals surface area contributed by atoms with Gasteiger partial charge in [0, 0.05) is 11.1 Å². The van der Waals surface area contributed by atoms with E-state index < -0.39 is 29.1 Å². The molecule has 0 saturated heterocycles. The van der Waals surface area contributed by atoms with Gasteiger partial charge >= 0.3 is 6.18 Å². The van der Waals surface area contributed by atoms with Gasteiger partial charge in [-0.25, -0.2) is 4.98 Å². The molecule has 4 rings (SSSR count). The number of hydrogen-bond acceptors (Lipinski definition) is 5. The van der Waals surface area contributed by atoms with Crippen LogP contribution in [0, 0.1) is 0 Å². The number of alkyl halides is 3. The van der Waals surface area contributed by atoms with Gasteiger partial charge in [-0.3, -0.25) is 9.89 Å². The summed E-state index contributed by atoms with van der Waals surface area (Å²) in [7, 11) is 0. The Morgan fingerprint density at radius 1 is 1.21 bits per heavy atom. The zero-order valence-electron chi connectivity index (χ0n) is 14.1. The quantitative estimate of drug-likeness (QED) is 0.479. The molecule has 0 aliphatic heterocycles. The summed E-state index contributed by atoms with van der Waals surface area (Å²) in [5.74, 6) is -0.984. The van der Waals surface area contributed by atoms with Gasteiger partial charge in [0.2, 0.25) is 11.5 Å². The van der Waals surface area contributed by atoms with Gasteiger partial charge in [0.1, 0.15) is 5.01 Å². The molecule has 1 amide bonds. The summed E-state index contributed by atoms with van der Waals surface area (Å²) < 4.78 is 41.6. The fourth-order valence-electron chi connectivity index (χ4n) is 2.80. The molecule has 1 unspecified atom stereocenters. The van der Waals surface area contributed by atoms with E-state index >= 15 is 0 Å². The second-order valence-electron chi connectivity index (χ2n) is 6.24. The molecule has 2 heterocycles. The number of carbonyl (C=O) groups is 1. The first-order chi connectivity index (χ1) is 13.3. The summed E-state index contributed by atoms with van der Waals surface area (Å²) in [4.78, 5) is 16.2. The Labute approximate surface area is 160 Å². The van der Waals surface area contributed by atoms with E-state index in [-0.39, 0.29) is 0 Å². The normalized spacial score (nSPS) is 14.3. The van der Waals surface area contributed by atoms with Crippen molar-refractivity contribution in [3.63, 3.8) is 0 Å². The molecule has 2 aromatic carbocycles. The highest BCUT2D eigenvalue weighted by atomic mass is 32.1. The highest BCUT2D eigenvalue weighted by Crippen LogP contribution is 2.44. The zero-order chi connectivity index (χ0) is 19.9. The van der Waals surface area contributed by atoms with E-state index in [4.69, 9.17) is 0 Å². The predicted octanol–water partition coefficient (Wildman–Crippen LogP) is 3.95. The van der Waals surface area contributed by atoms with Crippen molar-refractivity contribution >= 4 is 44.1 Å². The second kappa shape index (κ2) is 6.57. The van der Waals surface area contributed by atoms with Gasteiger partial charge < -0.3 is 10.4 Å². The average molecular weight is 406 g/mol. The van der Waals surface area contributed by atoms with Crippen LogP contribution in [0.2, 0.25) is 0 Å². The van der Waals surface area contributed by atoms with Crippen molar-refractivity contribution in [3.05, 3.63) is 53.7 Å². The maximum Gasteiger partial charge on any atom is 0.424 e. The van der Waals surface area contributed by atoms with E-state index in [1.165, 1.54) is 12.3 Å². The Morgan fingerprint density at radius 2 is 2.00 bits per heavy atom. The number of anilines is 1. The first kappa shape index (κ1) is 18.4. The van der Waals surface area contributed by atoms with Crippen molar-refractivity contribution in [2.75, 3.05) is 5.32 Å². The number of aliphatic hydroxyl groups is 1. The number of benzene rings is 2. The minimum atomic E-state index is -5.08. The van der Waals surface area contributed by atoms with Crippen LogP contribution in [0.25, 0.3) is 21.1 Å². The van der Waals surface area contributed by atoms with Crippen LogP contribution in [-0.2, 0) is 10.4 Å². The number of para-hydroxylation sites is 1. The predicted molar refractivity (Wildman–Crippen MR) is 98.9 cm³/mol. The molecule has 3 N–H and O–H groups in total. The molecule has 0 saturated carbocycles. The van der Waals surface area contributed by atoms with Crippen molar-refractivity contribution in [2.24, 2.45) is 0 Å². The lowest BCUT2D eigenvalue weighted by molar-refractivity contribution is -0.266. The fraction of sp³-hybridized carbons (Fsp3) is 0.167. The number of hydrogen-bond donors (Lipinski definition) is 3. The SMILES string of the molecule is O=C(CC(O)(c1nc2ccccc2s1)C(F)(F)F)Nc1ccc2[nH]ncc2c1. The van der Waals surface area contributed by atoms with E-state index in [1.807, 2.05) is 0 Å². The molecule has 1 atom stereocenters. The Bertz CT molecular complexity index is 1140. The molecule has 4 aromatic rings. The Kier molecular flexibility index (Phi) is 4.31. The summed E-state index contributed by atoms with van der Waals surface area (Å²) in [5.41, 5.74) is -2.04. The minimum Gasteiger partial charge on any atom is -0.374 e. The Balaban J connectivity index is 1.63. The Hall–Kier alpha value is -2.98. The average Bonchev–Trinajstić information content (AvgIpc) is 3.26. The molecule has 0 fully saturated rings. The molecular weight excluding hydrogens is 393 g/mol. The standard InChI is InChI=1S/C18H13F3N4O2S/c19-18(20,21)17(27,16-24-13-3-1-2-4-14(13)28-16)8-15(26)23-11-5-6-12-10(7-11)9-22-25-12/h1-7,9,27H,8H2,(H,22,25)(H,23,26). The van der Waals surface area contributed by atoms with E-state index in [9.17, 15) is 23.1 Å². The minimum absolute atomic E-state index is 0.299. The molecule has 0 aliphatic carbocycles. The molecule has 0 aliphatic rings. The maximum absolute atomic E-state index is 13.7. The van der Waals surface area contributed by atoms with Gasteiger partial charge in [-0.2, -0.15) is 18.3 Å².